The van der Waals surface area contributed by atoms with Gasteiger partial charge in [-0.25, -0.2) is 13.8 Å². The lowest BCUT2D eigenvalue weighted by Crippen LogP contribution is -2.39. The smallest absolute Gasteiger partial charge is 0.275 e. The topological polar surface area (TPSA) is 47.4 Å². The van der Waals surface area contributed by atoms with E-state index in [2.05, 4.69) is 5.10 Å². The van der Waals surface area contributed by atoms with Crippen LogP contribution in [0.25, 0.3) is 0 Å². The van der Waals surface area contributed by atoms with E-state index in [-0.39, 0.29) is 12.0 Å². The van der Waals surface area contributed by atoms with Crippen molar-refractivity contribution in [2.75, 3.05) is 7.11 Å². The van der Waals surface area contributed by atoms with E-state index >= 15 is 0 Å². The number of carbonyl (C=O) groups excluding carboxylic acids is 1. The van der Waals surface area contributed by atoms with E-state index in [9.17, 15) is 13.6 Å². The molecule has 0 aliphatic heterocycles. The van der Waals surface area contributed by atoms with Crippen LogP contribution in [0.3, 0.4) is 0 Å². The predicted octanol–water partition coefficient (Wildman–Crippen LogP) is 4.95. The lowest BCUT2D eigenvalue weighted by Gasteiger charge is -2.27. The average molecular weight is 427 g/mol. The third kappa shape index (κ3) is 4.46. The second kappa shape index (κ2) is 8.52. The van der Waals surface area contributed by atoms with Gasteiger partial charge in [-0.1, -0.05) is 34.8 Å². The summed E-state index contributed by atoms with van der Waals surface area (Å²) in [6.45, 7) is 1.68. The fourth-order valence-electron chi connectivity index (χ4n) is 2.56. The molecule has 1 heterocycles. The van der Waals surface area contributed by atoms with Crippen molar-refractivity contribution < 1.29 is 18.4 Å². The van der Waals surface area contributed by atoms with E-state index < -0.39 is 24.1 Å². The molecule has 1 aromatic carbocycles. The molecule has 0 saturated heterocycles. The molecule has 0 saturated carbocycles. The van der Waals surface area contributed by atoms with Gasteiger partial charge in [0.25, 0.3) is 12.3 Å². The van der Waals surface area contributed by atoms with Crippen LogP contribution in [0.2, 0.25) is 15.1 Å². The highest BCUT2D eigenvalue weighted by atomic mass is 35.5. The summed E-state index contributed by atoms with van der Waals surface area (Å²) in [6, 6.07) is 2.52. The molecule has 10 heteroatoms. The van der Waals surface area contributed by atoms with Gasteiger partial charge in [-0.2, -0.15) is 5.10 Å². The lowest BCUT2D eigenvalue weighted by atomic mass is 10.1. The highest BCUT2D eigenvalue weighted by molar-refractivity contribution is 6.39. The van der Waals surface area contributed by atoms with Crippen molar-refractivity contribution >= 4 is 40.7 Å². The average Bonchev–Trinajstić information content (AvgIpc) is 2.93. The van der Waals surface area contributed by atoms with Crippen molar-refractivity contribution in [1.82, 2.24) is 14.8 Å². The Morgan fingerprint density at radius 2 is 1.88 bits per heavy atom. The maximum absolute atomic E-state index is 13.1. The van der Waals surface area contributed by atoms with Gasteiger partial charge in [-0.15, -0.1) is 0 Å². The second-order valence-electron chi connectivity index (χ2n) is 5.62. The zero-order chi connectivity index (χ0) is 19.6. The molecule has 0 bridgehead atoms. The third-order valence-corrected chi connectivity index (χ3v) is 4.59. The number of carbonyl (C=O) groups is 1. The zero-order valence-electron chi connectivity index (χ0n) is 14.1. The van der Waals surface area contributed by atoms with Crippen LogP contribution >= 0.6 is 34.8 Å². The van der Waals surface area contributed by atoms with Gasteiger partial charge in [-0.3, -0.25) is 14.3 Å². The normalized spacial score (nSPS) is 12.5. The highest BCUT2D eigenvalue weighted by Crippen LogP contribution is 2.31. The monoisotopic (exact) mass is 425 g/mol. The molecule has 1 aromatic heterocycles. The Balaban J connectivity index is 2.29. The predicted molar refractivity (Wildman–Crippen MR) is 96.0 cm³/mol. The molecule has 5 nitrogen and oxygen atoms in total. The number of amides is 1. The van der Waals surface area contributed by atoms with Gasteiger partial charge in [0, 0.05) is 28.3 Å². The number of nitrogens with zero attached hydrogens (tertiary/aromatic N) is 3. The molecule has 1 amide bonds. The van der Waals surface area contributed by atoms with E-state index in [0.717, 1.165) is 9.75 Å². The molecule has 26 heavy (non-hydrogen) atoms. The Labute approximate surface area is 164 Å². The summed E-state index contributed by atoms with van der Waals surface area (Å²) in [4.78, 5) is 17.8. The van der Waals surface area contributed by atoms with Gasteiger partial charge in [0.1, 0.15) is 5.69 Å². The Bertz CT molecular complexity index is 791. The van der Waals surface area contributed by atoms with Crippen molar-refractivity contribution in [3.63, 3.8) is 0 Å². The maximum atomic E-state index is 13.1. The first kappa shape index (κ1) is 20.9. The Kier molecular flexibility index (Phi) is 6.85. The number of rotatable bonds is 6. The molecule has 0 aliphatic rings. The third-order valence-electron chi connectivity index (χ3n) is 3.70. The second-order valence-corrected chi connectivity index (χ2v) is 6.87. The van der Waals surface area contributed by atoms with Crippen molar-refractivity contribution in [2.45, 2.75) is 25.8 Å². The van der Waals surface area contributed by atoms with Crippen molar-refractivity contribution in [3.05, 3.63) is 50.2 Å². The van der Waals surface area contributed by atoms with E-state index in [1.54, 1.807) is 6.92 Å². The van der Waals surface area contributed by atoms with Gasteiger partial charge in [0.2, 0.25) is 0 Å². The summed E-state index contributed by atoms with van der Waals surface area (Å²) in [6.07, 6.45) is -1.42. The molecule has 0 radical (unpaired) electrons. The largest absolute Gasteiger partial charge is 0.282 e. The van der Waals surface area contributed by atoms with E-state index in [1.807, 2.05) is 0 Å². The fraction of sp³-hybridized carbons (Fsp3) is 0.375. The lowest BCUT2D eigenvalue weighted by molar-refractivity contribution is -0.119. The minimum atomic E-state index is -2.88. The number of benzene rings is 1. The molecular weight excluding hydrogens is 411 g/mol. The number of aryl methyl sites for hydroxylation is 1. The van der Waals surface area contributed by atoms with E-state index in [4.69, 9.17) is 39.6 Å². The van der Waals surface area contributed by atoms with Crippen LogP contribution in [0.1, 0.15) is 35.0 Å². The van der Waals surface area contributed by atoms with Crippen LogP contribution in [-0.4, -0.2) is 33.9 Å². The van der Waals surface area contributed by atoms with Crippen LogP contribution < -0.4 is 0 Å². The van der Waals surface area contributed by atoms with Crippen LogP contribution in [-0.2, 0) is 18.3 Å². The summed E-state index contributed by atoms with van der Waals surface area (Å²) in [7, 11) is 2.73. The summed E-state index contributed by atoms with van der Waals surface area (Å²) >= 11 is 18.2. The number of aromatic nitrogens is 2. The molecule has 2 aromatic rings. The standard InChI is InChI=1S/C16H16Cl3F2N3O2/c1-8(4-10-12(18)5-9(17)6-13(10)19)24(26-3)16(25)11-7-23(2)22-14(11)15(20)21/h5-8,15H,4H2,1-3H3/t8-/m1/s1. The van der Waals surface area contributed by atoms with Crippen LogP contribution in [0, 0.1) is 0 Å². The number of hydroxylamine groups is 2. The fourth-order valence-corrected chi connectivity index (χ4v) is 3.53. The zero-order valence-corrected chi connectivity index (χ0v) is 16.4. The minimum Gasteiger partial charge on any atom is -0.275 e. The van der Waals surface area contributed by atoms with Gasteiger partial charge >= 0.3 is 0 Å². The summed E-state index contributed by atoms with van der Waals surface area (Å²) in [5, 5.41) is 5.69. The summed E-state index contributed by atoms with van der Waals surface area (Å²) in [5.41, 5.74) is -0.265. The van der Waals surface area contributed by atoms with E-state index in [1.165, 1.54) is 32.5 Å². The number of hydrogen-bond acceptors (Lipinski definition) is 3. The van der Waals surface area contributed by atoms with Crippen LogP contribution in [0.15, 0.2) is 18.3 Å². The van der Waals surface area contributed by atoms with E-state index in [0.29, 0.717) is 20.6 Å². The molecule has 0 fully saturated rings. The van der Waals surface area contributed by atoms with Crippen LogP contribution in [0.5, 0.6) is 0 Å². The van der Waals surface area contributed by atoms with Crippen molar-refractivity contribution in [1.29, 1.82) is 0 Å². The number of halogens is 5. The molecule has 1 atom stereocenters. The van der Waals surface area contributed by atoms with Crippen molar-refractivity contribution in [3.8, 4) is 0 Å². The molecule has 0 unspecified atom stereocenters. The summed E-state index contributed by atoms with van der Waals surface area (Å²) in [5.74, 6) is -0.732. The minimum absolute atomic E-state index is 0.232. The summed E-state index contributed by atoms with van der Waals surface area (Å²) < 4.78 is 27.4. The molecule has 0 spiro atoms. The molecule has 2 rings (SSSR count). The first-order valence-corrected chi connectivity index (χ1v) is 8.61. The van der Waals surface area contributed by atoms with Crippen molar-refractivity contribution in [2.24, 2.45) is 7.05 Å². The van der Waals surface area contributed by atoms with Gasteiger partial charge in [0.05, 0.1) is 18.7 Å². The van der Waals surface area contributed by atoms with Gasteiger partial charge in [-0.05, 0) is 31.0 Å². The first-order chi connectivity index (χ1) is 12.1. The Morgan fingerprint density at radius 3 is 2.38 bits per heavy atom. The maximum Gasteiger partial charge on any atom is 0.282 e. The van der Waals surface area contributed by atoms with Crippen LogP contribution in [0.4, 0.5) is 8.78 Å². The SMILES string of the molecule is CON(C(=O)c1cn(C)nc1C(F)F)[C@H](C)Cc1c(Cl)cc(Cl)cc1Cl. The Hall–Kier alpha value is -1.41. The first-order valence-electron chi connectivity index (χ1n) is 7.48. The molecular formula is C16H16Cl3F2N3O2. The number of alkyl halides is 2. The quantitative estimate of drug-likeness (QED) is 0.614. The molecule has 0 aliphatic carbocycles. The van der Waals surface area contributed by atoms with Gasteiger partial charge < -0.3 is 0 Å². The molecule has 142 valence electrons. The highest BCUT2D eigenvalue weighted by Gasteiger charge is 2.30. The van der Waals surface area contributed by atoms with Gasteiger partial charge in [0.15, 0.2) is 0 Å². The Morgan fingerprint density at radius 1 is 1.31 bits per heavy atom. The molecule has 0 N–H and O–H groups in total. The number of hydrogen-bond donors (Lipinski definition) is 0.